The zero-order valence-electron chi connectivity index (χ0n) is 17.8. The topological polar surface area (TPSA) is 46.1 Å². The van der Waals surface area contributed by atoms with Gasteiger partial charge in [-0.1, -0.05) is 29.8 Å². The van der Waals surface area contributed by atoms with Gasteiger partial charge in [-0.25, -0.2) is 0 Å². The number of hydrogen-bond donors (Lipinski definition) is 0. The number of benzene rings is 1. The van der Waals surface area contributed by atoms with Crippen LogP contribution >= 0.6 is 0 Å². The van der Waals surface area contributed by atoms with Crippen molar-refractivity contribution in [1.82, 2.24) is 14.9 Å². The number of amides is 1. The predicted molar refractivity (Wildman–Crippen MR) is 119 cm³/mol. The molecule has 1 aromatic carbocycles. The first-order chi connectivity index (χ1) is 14.6. The summed E-state index contributed by atoms with van der Waals surface area (Å²) in [5.41, 5.74) is 7.10. The van der Waals surface area contributed by atoms with E-state index in [0.717, 1.165) is 49.3 Å². The van der Waals surface area contributed by atoms with E-state index >= 15 is 0 Å². The molecule has 3 aromatic rings. The molecule has 0 unspecified atom stereocenters. The lowest BCUT2D eigenvalue weighted by Crippen LogP contribution is -2.40. The first-order valence-corrected chi connectivity index (χ1v) is 10.8. The zero-order chi connectivity index (χ0) is 20.9. The van der Waals surface area contributed by atoms with Crippen LogP contribution in [0.4, 0.5) is 0 Å². The number of nitrogens with zero attached hydrogens (tertiary/aromatic N) is 3. The van der Waals surface area contributed by atoms with Gasteiger partial charge in [-0.15, -0.1) is 0 Å². The summed E-state index contributed by atoms with van der Waals surface area (Å²) in [7, 11) is 0. The highest BCUT2D eigenvalue weighted by Gasteiger charge is 2.26. The molecule has 0 saturated carbocycles. The van der Waals surface area contributed by atoms with Crippen LogP contribution in [0.2, 0.25) is 0 Å². The highest BCUT2D eigenvalue weighted by Crippen LogP contribution is 2.27. The highest BCUT2D eigenvalue weighted by atomic mass is 16.2. The monoisotopic (exact) mass is 399 g/mol. The van der Waals surface area contributed by atoms with Gasteiger partial charge in [0.1, 0.15) is 0 Å². The predicted octanol–water partition coefficient (Wildman–Crippen LogP) is 4.63. The van der Waals surface area contributed by atoms with Crippen molar-refractivity contribution in [3.63, 3.8) is 0 Å². The second-order valence-corrected chi connectivity index (χ2v) is 8.42. The molecule has 1 fully saturated rings. The van der Waals surface area contributed by atoms with Crippen LogP contribution in [0.5, 0.6) is 0 Å². The summed E-state index contributed by atoms with van der Waals surface area (Å²) in [5, 5.41) is 0. The fourth-order valence-corrected chi connectivity index (χ4v) is 4.37. The van der Waals surface area contributed by atoms with E-state index in [-0.39, 0.29) is 5.91 Å². The molecule has 0 N–H and O–H groups in total. The van der Waals surface area contributed by atoms with Gasteiger partial charge in [0.05, 0.1) is 6.42 Å². The summed E-state index contributed by atoms with van der Waals surface area (Å²) in [6, 6.07) is 16.9. The molecule has 154 valence electrons. The first-order valence-electron chi connectivity index (χ1n) is 10.8. The maximum Gasteiger partial charge on any atom is 0.227 e. The molecule has 0 radical (unpaired) electrons. The van der Waals surface area contributed by atoms with Crippen LogP contribution in [0.3, 0.4) is 0 Å². The van der Waals surface area contributed by atoms with Crippen LogP contribution in [0.1, 0.15) is 52.4 Å². The Morgan fingerprint density at radius 3 is 2.67 bits per heavy atom. The van der Waals surface area contributed by atoms with Crippen LogP contribution in [-0.4, -0.2) is 33.9 Å². The number of rotatable bonds is 5. The Morgan fingerprint density at radius 1 is 1.03 bits per heavy atom. The number of likely N-dealkylation sites (tertiary alicyclic amines) is 1. The van der Waals surface area contributed by atoms with E-state index in [1.807, 2.05) is 17.0 Å². The van der Waals surface area contributed by atoms with Gasteiger partial charge in [-0.05, 0) is 74.1 Å². The van der Waals surface area contributed by atoms with E-state index in [1.165, 1.54) is 16.7 Å². The Kier molecular flexibility index (Phi) is 6.22. The Morgan fingerprint density at radius 2 is 1.87 bits per heavy atom. The highest BCUT2D eigenvalue weighted by molar-refractivity contribution is 5.78. The van der Waals surface area contributed by atoms with Gasteiger partial charge in [-0.3, -0.25) is 14.8 Å². The fourth-order valence-electron chi connectivity index (χ4n) is 4.37. The molecule has 1 amide bonds. The average molecular weight is 400 g/mol. The third-order valence-corrected chi connectivity index (χ3v) is 5.82. The number of aromatic nitrogens is 2. The van der Waals surface area contributed by atoms with Crippen molar-refractivity contribution in [3.05, 3.63) is 94.6 Å². The van der Waals surface area contributed by atoms with Gasteiger partial charge in [0.2, 0.25) is 5.91 Å². The largest absolute Gasteiger partial charge is 0.342 e. The lowest BCUT2D eigenvalue weighted by atomic mass is 9.92. The van der Waals surface area contributed by atoms with Gasteiger partial charge in [0.25, 0.3) is 0 Å². The van der Waals surface area contributed by atoms with Crippen LogP contribution in [-0.2, 0) is 17.6 Å². The Bertz CT molecular complexity index is 1020. The van der Waals surface area contributed by atoms with Crippen molar-refractivity contribution < 1.29 is 4.79 Å². The summed E-state index contributed by atoms with van der Waals surface area (Å²) in [6.45, 7) is 5.79. The molecule has 0 bridgehead atoms. The Labute approximate surface area is 179 Å². The van der Waals surface area contributed by atoms with Crippen LogP contribution in [0.25, 0.3) is 0 Å². The number of aryl methyl sites for hydroxylation is 2. The molecule has 4 nitrogen and oxygen atoms in total. The van der Waals surface area contributed by atoms with E-state index in [1.54, 1.807) is 12.4 Å². The summed E-state index contributed by atoms with van der Waals surface area (Å²) in [4.78, 5) is 23.7. The number of carbonyl (C=O) groups is 1. The van der Waals surface area contributed by atoms with E-state index in [0.29, 0.717) is 12.3 Å². The van der Waals surface area contributed by atoms with E-state index in [9.17, 15) is 4.79 Å². The van der Waals surface area contributed by atoms with Crippen LogP contribution < -0.4 is 0 Å². The molecule has 1 saturated heterocycles. The van der Waals surface area contributed by atoms with Gasteiger partial charge < -0.3 is 4.90 Å². The minimum atomic E-state index is 0.193. The first kappa shape index (κ1) is 20.3. The van der Waals surface area contributed by atoms with Crippen molar-refractivity contribution >= 4 is 5.91 Å². The lowest BCUT2D eigenvalue weighted by molar-refractivity contribution is -0.131. The van der Waals surface area contributed by atoms with Gasteiger partial charge in [-0.2, -0.15) is 0 Å². The van der Waals surface area contributed by atoms with Crippen molar-refractivity contribution in [1.29, 1.82) is 0 Å². The summed E-state index contributed by atoms with van der Waals surface area (Å²) in [6.07, 6.45) is 6.95. The molecule has 0 aliphatic carbocycles. The molecule has 1 atom stereocenters. The molecule has 3 heterocycles. The number of hydrogen-bond acceptors (Lipinski definition) is 3. The zero-order valence-corrected chi connectivity index (χ0v) is 17.8. The Hall–Kier alpha value is -3.01. The molecule has 4 heteroatoms. The van der Waals surface area contributed by atoms with Crippen LogP contribution in [0, 0.1) is 13.8 Å². The van der Waals surface area contributed by atoms with Crippen molar-refractivity contribution in [2.75, 3.05) is 13.1 Å². The van der Waals surface area contributed by atoms with E-state index < -0.39 is 0 Å². The fraction of sp³-hybridized carbons (Fsp3) is 0.346. The molecular formula is C26H29N3O. The van der Waals surface area contributed by atoms with Crippen molar-refractivity contribution in [2.45, 2.75) is 45.4 Å². The SMILES string of the molecule is Cc1cccc(Cc2cc(C)nc([C@@H]3CCCN(C(=O)Cc4ccncc4)C3)c2)c1. The van der Waals surface area contributed by atoms with Gasteiger partial charge in [0.15, 0.2) is 0 Å². The maximum absolute atomic E-state index is 12.8. The van der Waals surface area contributed by atoms with E-state index in [4.69, 9.17) is 4.98 Å². The average Bonchev–Trinajstić information content (AvgIpc) is 2.74. The molecule has 4 rings (SSSR count). The van der Waals surface area contributed by atoms with Crippen LogP contribution in [0.15, 0.2) is 60.9 Å². The smallest absolute Gasteiger partial charge is 0.227 e. The minimum absolute atomic E-state index is 0.193. The third-order valence-electron chi connectivity index (χ3n) is 5.82. The molecule has 1 aliphatic heterocycles. The minimum Gasteiger partial charge on any atom is -0.342 e. The standard InChI is InChI=1S/C26H29N3O/c1-19-5-3-6-22(13-19)15-23-14-20(2)28-25(16-23)24-7-4-12-29(18-24)26(30)17-21-8-10-27-11-9-21/h3,5-6,8-11,13-14,16,24H,4,7,12,15,17-18H2,1-2H3/t24-/m1/s1. The number of carbonyl (C=O) groups excluding carboxylic acids is 1. The second kappa shape index (κ2) is 9.21. The summed E-state index contributed by atoms with van der Waals surface area (Å²) >= 11 is 0. The summed E-state index contributed by atoms with van der Waals surface area (Å²) < 4.78 is 0. The molecule has 0 spiro atoms. The second-order valence-electron chi connectivity index (χ2n) is 8.42. The quantitative estimate of drug-likeness (QED) is 0.628. The van der Waals surface area contributed by atoms with Gasteiger partial charge >= 0.3 is 0 Å². The lowest BCUT2D eigenvalue weighted by Gasteiger charge is -2.33. The van der Waals surface area contributed by atoms with Crippen molar-refractivity contribution in [2.24, 2.45) is 0 Å². The number of piperidine rings is 1. The Balaban J connectivity index is 1.47. The molecule has 30 heavy (non-hydrogen) atoms. The third kappa shape index (κ3) is 5.12. The van der Waals surface area contributed by atoms with E-state index in [2.05, 4.69) is 55.2 Å². The normalized spacial score (nSPS) is 16.5. The maximum atomic E-state index is 12.8. The summed E-state index contributed by atoms with van der Waals surface area (Å²) in [5.74, 6) is 0.495. The molecular weight excluding hydrogens is 370 g/mol. The molecule has 2 aromatic heterocycles. The van der Waals surface area contributed by atoms with Gasteiger partial charge in [0, 0.05) is 42.8 Å². The number of pyridine rings is 2. The van der Waals surface area contributed by atoms with Crippen molar-refractivity contribution in [3.8, 4) is 0 Å². The molecule has 1 aliphatic rings.